The van der Waals surface area contributed by atoms with E-state index in [2.05, 4.69) is 16.5 Å². The van der Waals surface area contributed by atoms with Crippen LogP contribution in [0.1, 0.15) is 5.69 Å². The van der Waals surface area contributed by atoms with Gasteiger partial charge in [0.1, 0.15) is 12.1 Å². The van der Waals surface area contributed by atoms with Crippen molar-refractivity contribution < 1.29 is 4.84 Å². The summed E-state index contributed by atoms with van der Waals surface area (Å²) in [5, 5.41) is 4.52. The second-order valence-corrected chi connectivity index (χ2v) is 3.36. The molecule has 0 saturated heterocycles. The van der Waals surface area contributed by atoms with Gasteiger partial charge < -0.3 is 10.6 Å². The first kappa shape index (κ1) is 13.1. The Balaban J connectivity index is 2.92. The molecule has 0 radical (unpaired) electrons. The van der Waals surface area contributed by atoms with Crippen molar-refractivity contribution in [2.75, 3.05) is 0 Å². The van der Waals surface area contributed by atoms with Crippen LogP contribution in [0.25, 0.3) is 11.9 Å². The molecule has 0 unspecified atom stereocenters. The number of aromatic nitrogens is 2. The number of hydrogen-bond donors (Lipinski definition) is 2. The Labute approximate surface area is 104 Å². The fourth-order valence-electron chi connectivity index (χ4n) is 1.02. The van der Waals surface area contributed by atoms with Crippen molar-refractivity contribution in [2.45, 2.75) is 0 Å². The van der Waals surface area contributed by atoms with Crippen LogP contribution in [0.3, 0.4) is 0 Å². The van der Waals surface area contributed by atoms with Gasteiger partial charge in [0, 0.05) is 12.3 Å². The lowest BCUT2D eigenvalue weighted by molar-refractivity contribution is 0.264. The monoisotopic (exact) mass is 252 g/mol. The van der Waals surface area contributed by atoms with Crippen molar-refractivity contribution in [3.05, 3.63) is 54.1 Å². The highest BCUT2D eigenvalue weighted by atomic mass is 35.5. The molecular formula is C11H13ClN4O. The van der Waals surface area contributed by atoms with E-state index >= 15 is 0 Å². The molecule has 1 heterocycles. The second kappa shape index (κ2) is 6.57. The number of rotatable bonds is 5. The van der Waals surface area contributed by atoms with E-state index in [4.69, 9.17) is 23.2 Å². The van der Waals surface area contributed by atoms with Crippen LogP contribution in [0.15, 0.2) is 48.4 Å². The second-order valence-electron chi connectivity index (χ2n) is 2.95. The van der Waals surface area contributed by atoms with Gasteiger partial charge in [0.25, 0.3) is 0 Å². The molecular weight excluding hydrogens is 240 g/mol. The molecule has 0 spiro atoms. The van der Waals surface area contributed by atoms with Crippen LogP contribution in [0.2, 0.25) is 0 Å². The third-order valence-corrected chi connectivity index (χ3v) is 2.12. The number of allylic oxidation sites excluding steroid dienone is 4. The van der Waals surface area contributed by atoms with Crippen LogP contribution >= 0.6 is 11.6 Å². The summed E-state index contributed by atoms with van der Waals surface area (Å²) in [6.45, 7) is 3.54. The fourth-order valence-corrected chi connectivity index (χ4v) is 1.18. The minimum absolute atomic E-state index is 0.318. The van der Waals surface area contributed by atoms with Crippen molar-refractivity contribution in [1.82, 2.24) is 9.78 Å². The first-order valence-electron chi connectivity index (χ1n) is 4.71. The summed E-state index contributed by atoms with van der Waals surface area (Å²) in [5.74, 6) is 5.17. The number of nitrogens with zero attached hydrogens (tertiary/aromatic N) is 2. The first-order valence-corrected chi connectivity index (χ1v) is 5.09. The fraction of sp³-hybridized carbons (Fsp3) is 0. The van der Waals surface area contributed by atoms with Gasteiger partial charge in [-0.15, -0.1) is 0 Å². The highest BCUT2D eigenvalue weighted by molar-refractivity contribution is 6.33. The third kappa shape index (κ3) is 3.82. The zero-order chi connectivity index (χ0) is 12.7. The Morgan fingerprint density at radius 2 is 2.35 bits per heavy atom. The molecule has 4 N–H and O–H groups in total. The predicted molar refractivity (Wildman–Crippen MR) is 69.1 cm³/mol. The standard InChI is InChI=1S/C11H13ClN4O/c1-2-3-4-10(12)11(13)16-7-5-9(15-16)6-8-17-14/h2-8H,1,13-14H2/b4-3-,8-6+,11-10-. The first-order chi connectivity index (χ1) is 8.19. The van der Waals surface area contributed by atoms with Crippen molar-refractivity contribution >= 4 is 23.5 Å². The average Bonchev–Trinajstić information content (AvgIpc) is 2.81. The number of nitrogens with two attached hydrogens (primary N) is 2. The SMILES string of the molecule is C=C/C=C\C(Cl)=C(/N)n1ccc(/C=C/ON)n1. The highest BCUT2D eigenvalue weighted by Gasteiger charge is 2.02. The van der Waals surface area contributed by atoms with Crippen molar-refractivity contribution in [3.63, 3.8) is 0 Å². The summed E-state index contributed by atoms with van der Waals surface area (Å²) >= 11 is 5.95. The van der Waals surface area contributed by atoms with E-state index in [-0.39, 0.29) is 0 Å². The van der Waals surface area contributed by atoms with E-state index in [1.54, 1.807) is 36.6 Å². The highest BCUT2D eigenvalue weighted by Crippen LogP contribution is 2.12. The minimum atomic E-state index is 0.318. The quantitative estimate of drug-likeness (QED) is 0.476. The maximum absolute atomic E-state index is 5.95. The molecule has 0 saturated carbocycles. The van der Waals surface area contributed by atoms with Crippen molar-refractivity contribution in [3.8, 4) is 0 Å². The molecule has 17 heavy (non-hydrogen) atoms. The molecule has 6 heteroatoms. The molecule has 0 fully saturated rings. The van der Waals surface area contributed by atoms with Crippen LogP contribution in [0.5, 0.6) is 0 Å². The third-order valence-electron chi connectivity index (χ3n) is 1.80. The van der Waals surface area contributed by atoms with Gasteiger partial charge in [-0.1, -0.05) is 30.3 Å². The van der Waals surface area contributed by atoms with E-state index in [0.717, 1.165) is 0 Å². The van der Waals surface area contributed by atoms with Crippen LogP contribution in [-0.4, -0.2) is 9.78 Å². The van der Waals surface area contributed by atoms with Gasteiger partial charge >= 0.3 is 0 Å². The van der Waals surface area contributed by atoms with Gasteiger partial charge in [-0.3, -0.25) is 0 Å². The molecule has 0 aliphatic rings. The average molecular weight is 253 g/mol. The Kier molecular flexibility index (Phi) is 5.06. The van der Waals surface area contributed by atoms with Crippen molar-refractivity contribution in [2.24, 2.45) is 11.6 Å². The lowest BCUT2D eigenvalue weighted by Crippen LogP contribution is -2.08. The van der Waals surface area contributed by atoms with Gasteiger partial charge in [-0.2, -0.15) is 11.0 Å². The molecule has 0 bridgehead atoms. The molecule has 1 aromatic rings. The number of hydrogen-bond acceptors (Lipinski definition) is 4. The van der Waals surface area contributed by atoms with Crippen molar-refractivity contribution in [1.29, 1.82) is 0 Å². The van der Waals surface area contributed by atoms with Crippen LogP contribution < -0.4 is 11.6 Å². The molecule has 0 aliphatic carbocycles. The number of halogens is 1. The van der Waals surface area contributed by atoms with E-state index in [1.807, 2.05) is 0 Å². The summed E-state index contributed by atoms with van der Waals surface area (Å²) in [6, 6.07) is 1.74. The molecule has 0 amide bonds. The summed E-state index contributed by atoms with van der Waals surface area (Å²) in [7, 11) is 0. The lowest BCUT2D eigenvalue weighted by atomic mass is 10.4. The lowest BCUT2D eigenvalue weighted by Gasteiger charge is -2.01. The molecule has 1 rings (SSSR count). The van der Waals surface area contributed by atoms with Gasteiger partial charge in [0.05, 0.1) is 10.7 Å². The Hall–Kier alpha value is -1.98. The van der Waals surface area contributed by atoms with Gasteiger partial charge in [0.15, 0.2) is 0 Å². The van der Waals surface area contributed by atoms with E-state index < -0.39 is 0 Å². The molecule has 90 valence electrons. The normalized spacial score (nSPS) is 13.1. The summed E-state index contributed by atoms with van der Waals surface area (Å²) in [6.07, 6.45) is 9.50. The molecule has 0 aliphatic heterocycles. The van der Waals surface area contributed by atoms with Gasteiger partial charge in [-0.25, -0.2) is 4.68 Å². The zero-order valence-corrected chi connectivity index (χ0v) is 9.84. The van der Waals surface area contributed by atoms with E-state index in [9.17, 15) is 0 Å². The summed E-state index contributed by atoms with van der Waals surface area (Å²) in [4.78, 5) is 4.29. The minimum Gasteiger partial charge on any atom is -0.419 e. The summed E-state index contributed by atoms with van der Waals surface area (Å²) in [5.41, 5.74) is 6.45. The predicted octanol–water partition coefficient (Wildman–Crippen LogP) is 1.81. The molecule has 5 nitrogen and oxygen atoms in total. The molecule has 0 aromatic carbocycles. The smallest absolute Gasteiger partial charge is 0.143 e. The Morgan fingerprint density at radius 3 is 3.00 bits per heavy atom. The van der Waals surface area contributed by atoms with Gasteiger partial charge in [-0.05, 0) is 12.1 Å². The van der Waals surface area contributed by atoms with Gasteiger partial charge in [0.2, 0.25) is 0 Å². The topological polar surface area (TPSA) is 79.1 Å². The van der Waals surface area contributed by atoms with Crippen LogP contribution in [0, 0.1) is 0 Å². The summed E-state index contributed by atoms with van der Waals surface area (Å²) < 4.78 is 1.45. The van der Waals surface area contributed by atoms with Crippen LogP contribution in [-0.2, 0) is 4.84 Å². The Bertz CT molecular complexity index is 474. The molecule has 0 atom stereocenters. The van der Waals surface area contributed by atoms with Crippen LogP contribution in [0.4, 0.5) is 0 Å². The molecule has 1 aromatic heterocycles. The largest absolute Gasteiger partial charge is 0.419 e. The maximum Gasteiger partial charge on any atom is 0.143 e. The van der Waals surface area contributed by atoms with E-state index in [1.165, 1.54) is 10.9 Å². The Morgan fingerprint density at radius 1 is 1.59 bits per heavy atom. The maximum atomic E-state index is 5.95. The zero-order valence-electron chi connectivity index (χ0n) is 9.08. The van der Waals surface area contributed by atoms with E-state index in [0.29, 0.717) is 16.5 Å².